The Kier molecular flexibility index (Phi) is 9.66. The zero-order chi connectivity index (χ0) is 18.7. The molecule has 0 heterocycles. The molecule has 1 rings (SSSR count). The Morgan fingerprint density at radius 3 is 2.32 bits per heavy atom. The number of esters is 1. The van der Waals surface area contributed by atoms with Gasteiger partial charge in [-0.3, -0.25) is 9.59 Å². The smallest absolute Gasteiger partial charge is 0.310 e. The number of phenolic OH excluding ortho intramolecular Hbond substituents is 2. The van der Waals surface area contributed by atoms with Crippen LogP contribution in [0.4, 0.5) is 0 Å². The van der Waals surface area contributed by atoms with E-state index in [1.807, 2.05) is 6.92 Å². The highest BCUT2D eigenvalue weighted by atomic mass is 16.5. The fraction of sp³-hybridized carbons (Fsp3) is 0.600. The topological polar surface area (TPSA) is 83.8 Å². The predicted octanol–water partition coefficient (Wildman–Crippen LogP) is 4.53. The van der Waals surface area contributed by atoms with Crippen molar-refractivity contribution in [1.29, 1.82) is 0 Å². The zero-order valence-corrected chi connectivity index (χ0v) is 15.3. The molecule has 1 aromatic rings. The summed E-state index contributed by atoms with van der Waals surface area (Å²) >= 11 is 0. The molecule has 0 fully saturated rings. The SMILES string of the molecule is CCCCCCCCC(=O)c1c(O)cc(O)cc1CC(=O)OCCC. The fourth-order valence-electron chi connectivity index (χ4n) is 2.74. The predicted molar refractivity (Wildman–Crippen MR) is 97.0 cm³/mol. The number of carbonyl (C=O) groups excluding carboxylic acids is 2. The molecule has 140 valence electrons. The third-order valence-corrected chi connectivity index (χ3v) is 4.02. The maximum atomic E-state index is 12.5. The number of rotatable bonds is 12. The Morgan fingerprint density at radius 1 is 0.960 bits per heavy atom. The van der Waals surface area contributed by atoms with Crippen LogP contribution in [-0.2, 0) is 16.0 Å². The molecule has 5 heteroatoms. The van der Waals surface area contributed by atoms with Gasteiger partial charge < -0.3 is 14.9 Å². The molecule has 1 aromatic carbocycles. The van der Waals surface area contributed by atoms with Crippen LogP contribution in [0, 0.1) is 0 Å². The molecule has 0 aromatic heterocycles. The molecule has 0 amide bonds. The van der Waals surface area contributed by atoms with Crippen molar-refractivity contribution >= 4 is 11.8 Å². The lowest BCUT2D eigenvalue weighted by molar-refractivity contribution is -0.142. The van der Waals surface area contributed by atoms with Gasteiger partial charge in [0, 0.05) is 12.5 Å². The minimum atomic E-state index is -0.472. The molecule has 0 unspecified atom stereocenters. The second-order valence-electron chi connectivity index (χ2n) is 6.34. The highest BCUT2D eigenvalue weighted by Gasteiger charge is 2.20. The molecule has 0 aliphatic heterocycles. The van der Waals surface area contributed by atoms with Gasteiger partial charge in [0.1, 0.15) is 11.5 Å². The Balaban J connectivity index is 2.72. The first-order chi connectivity index (χ1) is 12.0. The maximum absolute atomic E-state index is 12.5. The Labute approximate surface area is 150 Å². The van der Waals surface area contributed by atoms with E-state index in [1.165, 1.54) is 25.3 Å². The quantitative estimate of drug-likeness (QED) is 0.329. The van der Waals surface area contributed by atoms with E-state index in [-0.39, 0.29) is 29.3 Å². The zero-order valence-electron chi connectivity index (χ0n) is 15.3. The van der Waals surface area contributed by atoms with Gasteiger partial charge in [-0.25, -0.2) is 0 Å². The van der Waals surface area contributed by atoms with Crippen molar-refractivity contribution in [3.05, 3.63) is 23.3 Å². The maximum Gasteiger partial charge on any atom is 0.310 e. The Bertz CT molecular complexity index is 565. The molecule has 0 radical (unpaired) electrons. The second kappa shape index (κ2) is 11.5. The first-order valence-corrected chi connectivity index (χ1v) is 9.23. The van der Waals surface area contributed by atoms with E-state index < -0.39 is 5.97 Å². The molecule has 0 bridgehead atoms. The van der Waals surface area contributed by atoms with Crippen molar-refractivity contribution in [2.24, 2.45) is 0 Å². The van der Waals surface area contributed by atoms with E-state index in [4.69, 9.17) is 4.74 Å². The minimum absolute atomic E-state index is 0.125. The monoisotopic (exact) mass is 350 g/mol. The van der Waals surface area contributed by atoms with E-state index in [0.29, 0.717) is 25.0 Å². The largest absolute Gasteiger partial charge is 0.508 e. The fourth-order valence-corrected chi connectivity index (χ4v) is 2.74. The minimum Gasteiger partial charge on any atom is -0.508 e. The number of hydrogen-bond acceptors (Lipinski definition) is 5. The van der Waals surface area contributed by atoms with Crippen molar-refractivity contribution in [2.45, 2.75) is 71.6 Å². The van der Waals surface area contributed by atoms with Gasteiger partial charge in [-0.1, -0.05) is 46.0 Å². The molecule has 0 saturated heterocycles. The molecule has 0 aliphatic carbocycles. The number of Topliss-reactive ketones (excluding diaryl/α,β-unsaturated/α-hetero) is 1. The molecule has 2 N–H and O–H groups in total. The number of aromatic hydroxyl groups is 2. The normalized spacial score (nSPS) is 10.6. The number of ether oxygens (including phenoxy) is 1. The second-order valence-corrected chi connectivity index (χ2v) is 6.34. The van der Waals surface area contributed by atoms with Gasteiger partial charge in [-0.2, -0.15) is 0 Å². The van der Waals surface area contributed by atoms with E-state index >= 15 is 0 Å². The molecule has 0 spiro atoms. The van der Waals surface area contributed by atoms with Crippen molar-refractivity contribution in [1.82, 2.24) is 0 Å². The number of phenols is 2. The summed E-state index contributed by atoms with van der Waals surface area (Å²) in [5.41, 5.74) is 0.439. The summed E-state index contributed by atoms with van der Waals surface area (Å²) in [6.45, 7) is 4.36. The van der Waals surface area contributed by atoms with Crippen LogP contribution in [0.3, 0.4) is 0 Å². The van der Waals surface area contributed by atoms with Gasteiger partial charge in [0.25, 0.3) is 0 Å². The van der Waals surface area contributed by atoms with E-state index in [2.05, 4.69) is 6.92 Å². The van der Waals surface area contributed by atoms with Gasteiger partial charge in [-0.05, 0) is 24.5 Å². The number of hydrogen-bond donors (Lipinski definition) is 2. The molecule has 0 aliphatic rings. The van der Waals surface area contributed by atoms with Crippen molar-refractivity contribution in [2.75, 3.05) is 6.61 Å². The Hall–Kier alpha value is -2.04. The summed E-state index contributed by atoms with van der Waals surface area (Å²) in [6.07, 6.45) is 7.26. The molecule has 5 nitrogen and oxygen atoms in total. The molecule has 25 heavy (non-hydrogen) atoms. The number of benzene rings is 1. The van der Waals surface area contributed by atoms with Crippen LogP contribution >= 0.6 is 0 Å². The van der Waals surface area contributed by atoms with Crippen LogP contribution in [-0.4, -0.2) is 28.6 Å². The van der Waals surface area contributed by atoms with Crippen molar-refractivity contribution in [3.63, 3.8) is 0 Å². The summed E-state index contributed by atoms with van der Waals surface area (Å²) in [5, 5.41) is 19.7. The molecular weight excluding hydrogens is 320 g/mol. The van der Waals surface area contributed by atoms with Crippen molar-refractivity contribution < 1.29 is 24.5 Å². The summed E-state index contributed by atoms with van der Waals surface area (Å²) in [7, 11) is 0. The third kappa shape index (κ3) is 7.59. The lowest BCUT2D eigenvalue weighted by atomic mass is 9.96. The number of unbranched alkanes of at least 4 members (excludes halogenated alkanes) is 5. The lowest BCUT2D eigenvalue weighted by Crippen LogP contribution is -2.12. The van der Waals surface area contributed by atoms with Crippen LogP contribution in [0.15, 0.2) is 12.1 Å². The van der Waals surface area contributed by atoms with Crippen LogP contribution in [0.2, 0.25) is 0 Å². The molecule has 0 atom stereocenters. The Morgan fingerprint density at radius 2 is 1.64 bits per heavy atom. The number of carbonyl (C=O) groups is 2. The van der Waals surface area contributed by atoms with E-state index in [0.717, 1.165) is 25.3 Å². The van der Waals surface area contributed by atoms with Crippen LogP contribution in [0.25, 0.3) is 0 Å². The first kappa shape index (κ1) is 21.0. The van der Waals surface area contributed by atoms with Gasteiger partial charge >= 0.3 is 5.97 Å². The van der Waals surface area contributed by atoms with Crippen LogP contribution < -0.4 is 0 Å². The summed E-state index contributed by atoms with van der Waals surface area (Å²) in [5.74, 6) is -1.13. The van der Waals surface area contributed by atoms with Crippen LogP contribution in [0.1, 0.15) is 81.1 Å². The van der Waals surface area contributed by atoms with Gasteiger partial charge in [0.05, 0.1) is 18.6 Å². The van der Waals surface area contributed by atoms with E-state index in [9.17, 15) is 19.8 Å². The molecule has 0 saturated carbocycles. The lowest BCUT2D eigenvalue weighted by Gasteiger charge is -2.11. The van der Waals surface area contributed by atoms with Crippen LogP contribution in [0.5, 0.6) is 11.5 Å². The average molecular weight is 350 g/mol. The summed E-state index contributed by atoms with van der Waals surface area (Å²) in [6, 6.07) is 2.48. The van der Waals surface area contributed by atoms with E-state index in [1.54, 1.807) is 0 Å². The molecular formula is C20H30O5. The van der Waals surface area contributed by atoms with Gasteiger partial charge in [0.15, 0.2) is 5.78 Å². The van der Waals surface area contributed by atoms with Gasteiger partial charge in [0.2, 0.25) is 0 Å². The number of ketones is 1. The summed E-state index contributed by atoms with van der Waals surface area (Å²) < 4.78 is 5.03. The first-order valence-electron chi connectivity index (χ1n) is 9.23. The average Bonchev–Trinajstić information content (AvgIpc) is 2.55. The third-order valence-electron chi connectivity index (χ3n) is 4.02. The highest BCUT2D eigenvalue weighted by molar-refractivity contribution is 6.01. The standard InChI is InChI=1S/C20H30O5/c1-3-5-6-7-8-9-10-17(22)20-15(12-16(21)14-18(20)23)13-19(24)25-11-4-2/h12,14,21,23H,3-11,13H2,1-2H3. The highest BCUT2D eigenvalue weighted by Crippen LogP contribution is 2.29. The summed E-state index contributed by atoms with van der Waals surface area (Å²) in [4.78, 5) is 24.3. The van der Waals surface area contributed by atoms with Crippen molar-refractivity contribution in [3.8, 4) is 11.5 Å². The van der Waals surface area contributed by atoms with Gasteiger partial charge in [-0.15, -0.1) is 0 Å².